The molecule has 8 nitrogen and oxygen atoms in total. The van der Waals surface area contributed by atoms with Crippen LogP contribution in [0, 0.1) is 0 Å². The highest BCUT2D eigenvalue weighted by Crippen LogP contribution is 2.37. The molecule has 0 spiro atoms. The first-order valence-corrected chi connectivity index (χ1v) is 10.6. The number of nitrogens with zero attached hydrogens (tertiary/aromatic N) is 2. The SMILES string of the molecule is CC(C)(C)OC(=O)N1CC(O)(Cc2ccccc2C2(O)CN(C(=O)OC(C)(C)C)C2)C1. The van der Waals surface area contributed by atoms with Crippen LogP contribution in [0.1, 0.15) is 52.7 Å². The Kier molecular flexibility index (Phi) is 5.78. The molecule has 0 unspecified atom stereocenters. The Balaban J connectivity index is 1.63. The molecule has 0 aromatic heterocycles. The third-order valence-corrected chi connectivity index (χ3v) is 5.22. The summed E-state index contributed by atoms with van der Waals surface area (Å²) in [5.41, 5.74) is -2.00. The molecule has 3 rings (SSSR count). The van der Waals surface area contributed by atoms with Crippen LogP contribution in [0.3, 0.4) is 0 Å². The van der Waals surface area contributed by atoms with Gasteiger partial charge in [-0.1, -0.05) is 24.3 Å². The monoisotopic (exact) mass is 434 g/mol. The number of benzene rings is 1. The summed E-state index contributed by atoms with van der Waals surface area (Å²) in [6, 6.07) is 7.35. The summed E-state index contributed by atoms with van der Waals surface area (Å²) in [6.07, 6.45) is -0.617. The van der Waals surface area contributed by atoms with Crippen LogP contribution in [0.25, 0.3) is 0 Å². The predicted octanol–water partition coefficient (Wildman–Crippen LogP) is 2.65. The van der Waals surface area contributed by atoms with Gasteiger partial charge in [0.15, 0.2) is 0 Å². The third kappa shape index (κ3) is 5.49. The minimum absolute atomic E-state index is 0.126. The van der Waals surface area contributed by atoms with Gasteiger partial charge >= 0.3 is 12.2 Å². The van der Waals surface area contributed by atoms with E-state index in [4.69, 9.17) is 9.47 Å². The highest BCUT2D eigenvalue weighted by atomic mass is 16.6. The maximum Gasteiger partial charge on any atom is 0.410 e. The standard InChI is InChI=1S/C23H34N2O6/c1-20(2,3)30-18(26)24-12-22(28,13-24)11-16-9-7-8-10-17(16)23(29)14-25(15-23)19(27)31-21(4,5)6/h7-10,28-29H,11-15H2,1-6H3. The number of ether oxygens (including phenoxy) is 2. The smallest absolute Gasteiger partial charge is 0.410 e. The Labute approximate surface area is 183 Å². The van der Waals surface area contributed by atoms with Crippen molar-refractivity contribution in [2.75, 3.05) is 26.2 Å². The van der Waals surface area contributed by atoms with E-state index in [1.54, 1.807) is 41.5 Å². The molecular formula is C23H34N2O6. The molecule has 0 aliphatic carbocycles. The highest BCUT2D eigenvalue weighted by molar-refractivity contribution is 5.70. The summed E-state index contributed by atoms with van der Waals surface area (Å²) in [5.74, 6) is 0. The molecule has 0 bridgehead atoms. The number of carbonyl (C=O) groups excluding carboxylic acids is 2. The molecule has 2 fully saturated rings. The second-order valence-electron chi connectivity index (χ2n) is 10.8. The van der Waals surface area contributed by atoms with E-state index in [1.807, 2.05) is 24.3 Å². The van der Waals surface area contributed by atoms with Crippen molar-refractivity contribution in [3.05, 3.63) is 35.4 Å². The summed E-state index contributed by atoms with van der Waals surface area (Å²) >= 11 is 0. The second-order valence-corrected chi connectivity index (χ2v) is 10.8. The molecule has 8 heteroatoms. The van der Waals surface area contributed by atoms with Crippen LogP contribution in [0.15, 0.2) is 24.3 Å². The van der Waals surface area contributed by atoms with Gasteiger partial charge < -0.3 is 29.5 Å². The summed E-state index contributed by atoms with van der Waals surface area (Å²) in [4.78, 5) is 27.3. The fraction of sp³-hybridized carbons (Fsp3) is 0.652. The lowest BCUT2D eigenvalue weighted by atomic mass is 9.79. The number of carbonyl (C=O) groups is 2. The van der Waals surface area contributed by atoms with Crippen molar-refractivity contribution in [3.8, 4) is 0 Å². The first-order chi connectivity index (χ1) is 14.1. The van der Waals surface area contributed by atoms with Crippen LogP contribution in [-0.2, 0) is 21.5 Å². The normalized spacial score (nSPS) is 19.9. The molecule has 0 radical (unpaired) electrons. The molecule has 0 saturated carbocycles. The summed E-state index contributed by atoms with van der Waals surface area (Å²) in [5, 5.41) is 22.0. The molecule has 2 saturated heterocycles. The van der Waals surface area contributed by atoms with Gasteiger partial charge in [-0.05, 0) is 52.7 Å². The molecule has 2 N–H and O–H groups in total. The van der Waals surface area contributed by atoms with E-state index < -0.39 is 34.6 Å². The van der Waals surface area contributed by atoms with Crippen LogP contribution in [-0.4, -0.2) is 75.2 Å². The van der Waals surface area contributed by atoms with Crippen molar-refractivity contribution in [1.82, 2.24) is 9.80 Å². The maximum absolute atomic E-state index is 12.2. The van der Waals surface area contributed by atoms with Crippen molar-refractivity contribution >= 4 is 12.2 Å². The van der Waals surface area contributed by atoms with Gasteiger partial charge in [0.05, 0.1) is 26.2 Å². The Morgan fingerprint density at radius 1 is 0.871 bits per heavy atom. The highest BCUT2D eigenvalue weighted by Gasteiger charge is 2.50. The fourth-order valence-electron chi connectivity index (χ4n) is 3.93. The number of hydrogen-bond donors (Lipinski definition) is 2. The maximum atomic E-state index is 12.2. The second kappa shape index (κ2) is 7.67. The number of likely N-dealkylation sites (tertiary alicyclic amines) is 2. The molecule has 0 atom stereocenters. The van der Waals surface area contributed by atoms with Gasteiger partial charge in [-0.15, -0.1) is 0 Å². The molecule has 2 amide bonds. The molecule has 2 aliphatic heterocycles. The zero-order chi connectivity index (χ0) is 23.2. The van der Waals surface area contributed by atoms with Crippen LogP contribution >= 0.6 is 0 Å². The van der Waals surface area contributed by atoms with Crippen LogP contribution in [0.5, 0.6) is 0 Å². The van der Waals surface area contributed by atoms with E-state index in [0.717, 1.165) is 5.56 Å². The first kappa shape index (κ1) is 23.3. The van der Waals surface area contributed by atoms with Gasteiger partial charge in [-0.2, -0.15) is 0 Å². The third-order valence-electron chi connectivity index (χ3n) is 5.22. The molecule has 1 aromatic rings. The minimum Gasteiger partial charge on any atom is -0.444 e. The van der Waals surface area contributed by atoms with E-state index in [1.165, 1.54) is 9.80 Å². The van der Waals surface area contributed by atoms with Crippen molar-refractivity contribution < 1.29 is 29.3 Å². The van der Waals surface area contributed by atoms with Crippen LogP contribution in [0.4, 0.5) is 9.59 Å². The lowest BCUT2D eigenvalue weighted by Crippen LogP contribution is -2.65. The molecule has 2 aliphatic rings. The van der Waals surface area contributed by atoms with Crippen LogP contribution < -0.4 is 0 Å². The lowest BCUT2D eigenvalue weighted by molar-refractivity contribution is -0.108. The topological polar surface area (TPSA) is 99.5 Å². The van der Waals surface area contributed by atoms with Gasteiger partial charge in [0.1, 0.15) is 22.4 Å². The van der Waals surface area contributed by atoms with E-state index in [-0.39, 0.29) is 32.6 Å². The Bertz CT molecular complexity index is 842. The quantitative estimate of drug-likeness (QED) is 0.759. The van der Waals surface area contributed by atoms with Crippen molar-refractivity contribution in [3.63, 3.8) is 0 Å². The van der Waals surface area contributed by atoms with Crippen molar-refractivity contribution in [2.45, 2.75) is 70.4 Å². The minimum atomic E-state index is -1.20. The van der Waals surface area contributed by atoms with Gasteiger partial charge in [0.2, 0.25) is 0 Å². The Morgan fingerprint density at radius 2 is 1.32 bits per heavy atom. The fourth-order valence-corrected chi connectivity index (χ4v) is 3.93. The number of amides is 2. The Morgan fingerprint density at radius 3 is 1.81 bits per heavy atom. The number of rotatable bonds is 3. The van der Waals surface area contributed by atoms with E-state index in [0.29, 0.717) is 5.56 Å². The van der Waals surface area contributed by atoms with E-state index >= 15 is 0 Å². The number of β-amino-alcohol motifs (C(OH)–C–C–N with tert-alkyl or cyclic N) is 2. The number of aliphatic hydroxyl groups is 2. The van der Waals surface area contributed by atoms with Gasteiger partial charge in [-0.25, -0.2) is 9.59 Å². The average molecular weight is 435 g/mol. The lowest BCUT2D eigenvalue weighted by Gasteiger charge is -2.49. The van der Waals surface area contributed by atoms with Crippen molar-refractivity contribution in [1.29, 1.82) is 0 Å². The zero-order valence-corrected chi connectivity index (χ0v) is 19.3. The van der Waals surface area contributed by atoms with Crippen LogP contribution in [0.2, 0.25) is 0 Å². The van der Waals surface area contributed by atoms with Crippen molar-refractivity contribution in [2.24, 2.45) is 0 Å². The van der Waals surface area contributed by atoms with Gasteiger partial charge in [0.25, 0.3) is 0 Å². The first-order valence-electron chi connectivity index (χ1n) is 10.6. The largest absolute Gasteiger partial charge is 0.444 e. The molecule has 1 aromatic carbocycles. The average Bonchev–Trinajstić information content (AvgIpc) is 2.54. The van der Waals surface area contributed by atoms with E-state index in [9.17, 15) is 19.8 Å². The molecule has 172 valence electrons. The van der Waals surface area contributed by atoms with Gasteiger partial charge in [0, 0.05) is 6.42 Å². The summed E-state index contributed by atoms with van der Waals surface area (Å²) in [7, 11) is 0. The molecule has 31 heavy (non-hydrogen) atoms. The number of hydrogen-bond acceptors (Lipinski definition) is 6. The Hall–Kier alpha value is -2.32. The van der Waals surface area contributed by atoms with E-state index in [2.05, 4.69) is 0 Å². The molecule has 2 heterocycles. The zero-order valence-electron chi connectivity index (χ0n) is 19.3. The molecular weight excluding hydrogens is 400 g/mol. The summed E-state index contributed by atoms with van der Waals surface area (Å²) < 4.78 is 10.7. The summed E-state index contributed by atoms with van der Waals surface area (Å²) in [6.45, 7) is 11.4. The predicted molar refractivity (Wildman–Crippen MR) is 115 cm³/mol. The van der Waals surface area contributed by atoms with Gasteiger partial charge in [-0.3, -0.25) is 0 Å².